The smallest absolute Gasteiger partial charge is 0.309 e. The van der Waals surface area contributed by atoms with Gasteiger partial charge in [-0.05, 0) is 78.8 Å². The number of fused-ring (bicyclic) bond motifs is 1. The van der Waals surface area contributed by atoms with Gasteiger partial charge in [-0.2, -0.15) is 0 Å². The molecule has 0 aromatic heterocycles. The van der Waals surface area contributed by atoms with Gasteiger partial charge in [0.2, 0.25) is 12.7 Å². The van der Waals surface area contributed by atoms with Crippen LogP contribution in [0.2, 0.25) is 0 Å². The van der Waals surface area contributed by atoms with Gasteiger partial charge >= 0.3 is 5.97 Å². The highest BCUT2D eigenvalue weighted by atomic mass is 16.7. The predicted molar refractivity (Wildman–Crippen MR) is 166 cm³/mol. The first-order valence-electron chi connectivity index (χ1n) is 15.4. The first-order chi connectivity index (χ1) is 21.2. The van der Waals surface area contributed by atoms with Crippen LogP contribution in [0.15, 0.2) is 60.7 Å². The summed E-state index contributed by atoms with van der Waals surface area (Å²) in [4.78, 5) is 28.7. The van der Waals surface area contributed by atoms with Crippen LogP contribution in [0.25, 0.3) is 0 Å². The van der Waals surface area contributed by atoms with Gasteiger partial charge in [-0.15, -0.1) is 0 Å². The summed E-state index contributed by atoms with van der Waals surface area (Å²) in [6.07, 6.45) is 1.54. The van der Waals surface area contributed by atoms with Gasteiger partial charge in [0, 0.05) is 18.5 Å². The Morgan fingerprint density at radius 1 is 0.955 bits per heavy atom. The van der Waals surface area contributed by atoms with E-state index in [9.17, 15) is 14.7 Å². The van der Waals surface area contributed by atoms with Crippen molar-refractivity contribution in [3.05, 3.63) is 88.5 Å². The van der Waals surface area contributed by atoms with Gasteiger partial charge < -0.3 is 29.8 Å². The lowest BCUT2D eigenvalue weighted by Gasteiger charge is -2.35. The van der Waals surface area contributed by atoms with Gasteiger partial charge in [-0.1, -0.05) is 50.2 Å². The number of amides is 1. The molecule has 2 aliphatic heterocycles. The van der Waals surface area contributed by atoms with Gasteiger partial charge in [0.1, 0.15) is 18.4 Å². The molecule has 0 aliphatic carbocycles. The number of benzene rings is 3. The van der Waals surface area contributed by atoms with Gasteiger partial charge in [-0.3, -0.25) is 14.5 Å². The maximum absolute atomic E-state index is 13.5. The average molecular weight is 603 g/mol. The minimum Gasteiger partial charge on any atom is -0.491 e. The van der Waals surface area contributed by atoms with Gasteiger partial charge in [0.05, 0.1) is 18.6 Å². The highest BCUT2D eigenvalue weighted by molar-refractivity contribution is 5.83. The number of likely N-dealkylation sites (tertiary alicyclic amines) is 1. The Bertz CT molecular complexity index is 1450. The molecule has 0 spiro atoms. The topological polar surface area (TPSA) is 121 Å². The second-order valence-electron chi connectivity index (χ2n) is 11.6. The quantitative estimate of drug-likeness (QED) is 0.249. The third kappa shape index (κ3) is 6.39. The lowest BCUT2D eigenvalue weighted by Crippen LogP contribution is -2.40. The number of carbonyl (C=O) groups is 2. The number of ether oxygens (including phenoxy) is 4. The number of aryl methyl sites for hydroxylation is 2. The molecule has 5 rings (SSSR count). The van der Waals surface area contributed by atoms with Crippen LogP contribution in [0.5, 0.6) is 17.2 Å². The number of carbonyl (C=O) groups excluding carboxylic acids is 1. The summed E-state index contributed by atoms with van der Waals surface area (Å²) in [5, 5.41) is 10.8. The van der Waals surface area contributed by atoms with Crippen molar-refractivity contribution in [3.8, 4) is 17.2 Å². The van der Waals surface area contributed by atoms with E-state index in [0.717, 1.165) is 27.8 Å². The number of carboxylic acid groups (broad SMARTS) is 1. The molecule has 2 heterocycles. The molecule has 0 radical (unpaired) electrons. The first kappa shape index (κ1) is 31.3. The van der Waals surface area contributed by atoms with E-state index in [4.69, 9.17) is 24.7 Å². The van der Waals surface area contributed by atoms with E-state index < -0.39 is 35.8 Å². The maximum Gasteiger partial charge on any atom is 0.309 e. The van der Waals surface area contributed by atoms with Crippen molar-refractivity contribution in [2.24, 2.45) is 11.7 Å². The molecule has 4 unspecified atom stereocenters. The summed E-state index contributed by atoms with van der Waals surface area (Å²) < 4.78 is 22.6. The Morgan fingerprint density at radius 3 is 2.23 bits per heavy atom. The number of nitrogens with two attached hydrogens (primary N) is 1. The number of hydrogen-bond donors (Lipinski definition) is 2. The Kier molecular flexibility index (Phi) is 9.76. The average Bonchev–Trinajstić information content (AvgIpc) is 3.64. The van der Waals surface area contributed by atoms with Crippen molar-refractivity contribution in [2.45, 2.75) is 64.6 Å². The number of carboxylic acids is 1. The zero-order valence-corrected chi connectivity index (χ0v) is 25.8. The molecule has 9 heteroatoms. The first-order valence-corrected chi connectivity index (χ1v) is 15.4. The highest BCUT2D eigenvalue weighted by Crippen LogP contribution is 2.51. The SMILES string of the molecule is CCc1cccc(CC)c1C(C(N)=O)N1CC(c2ccc3c(c2)OCO3)C(C(=O)O)C1c1ccc(OCCOC(C)C)cc1. The Balaban J connectivity index is 1.59. The summed E-state index contributed by atoms with van der Waals surface area (Å²) in [5.41, 5.74) is 10.7. The fourth-order valence-electron chi connectivity index (χ4n) is 6.62. The minimum absolute atomic E-state index is 0.115. The largest absolute Gasteiger partial charge is 0.491 e. The maximum atomic E-state index is 13.5. The molecule has 1 saturated heterocycles. The zero-order valence-electron chi connectivity index (χ0n) is 25.8. The molecule has 4 atom stereocenters. The molecule has 2 aliphatic rings. The molecule has 3 aromatic rings. The summed E-state index contributed by atoms with van der Waals surface area (Å²) in [5.74, 6) is -0.915. The van der Waals surface area contributed by atoms with Crippen LogP contribution in [-0.4, -0.2) is 54.5 Å². The number of rotatable bonds is 13. The Morgan fingerprint density at radius 2 is 1.61 bits per heavy atom. The number of hydrogen-bond acceptors (Lipinski definition) is 7. The monoisotopic (exact) mass is 602 g/mol. The summed E-state index contributed by atoms with van der Waals surface area (Å²) in [6.45, 7) is 9.34. The molecule has 234 valence electrons. The van der Waals surface area contributed by atoms with Crippen molar-refractivity contribution < 1.29 is 33.6 Å². The number of primary amides is 1. The number of aliphatic carboxylic acids is 1. The lowest BCUT2D eigenvalue weighted by molar-refractivity contribution is -0.143. The van der Waals surface area contributed by atoms with Crippen molar-refractivity contribution in [2.75, 3.05) is 26.6 Å². The number of nitrogens with zero attached hydrogens (tertiary/aromatic N) is 1. The molecular weight excluding hydrogens is 560 g/mol. The lowest BCUT2D eigenvalue weighted by atomic mass is 9.82. The summed E-state index contributed by atoms with van der Waals surface area (Å²) in [7, 11) is 0. The van der Waals surface area contributed by atoms with Crippen LogP contribution in [0.1, 0.15) is 73.5 Å². The fourth-order valence-corrected chi connectivity index (χ4v) is 6.62. The van der Waals surface area contributed by atoms with Gasteiger partial charge in [0.15, 0.2) is 11.5 Å². The third-order valence-electron chi connectivity index (χ3n) is 8.60. The summed E-state index contributed by atoms with van der Waals surface area (Å²) >= 11 is 0. The van der Waals surface area contributed by atoms with Crippen LogP contribution < -0.4 is 19.9 Å². The van der Waals surface area contributed by atoms with Crippen LogP contribution >= 0.6 is 0 Å². The molecule has 0 bridgehead atoms. The van der Waals surface area contributed by atoms with Crippen LogP contribution in [0.3, 0.4) is 0 Å². The van der Waals surface area contributed by atoms with Crippen LogP contribution in [0, 0.1) is 5.92 Å². The van der Waals surface area contributed by atoms with Crippen molar-refractivity contribution in [1.82, 2.24) is 4.90 Å². The van der Waals surface area contributed by atoms with E-state index in [2.05, 4.69) is 13.8 Å². The Hall–Kier alpha value is -4.08. The molecular formula is C35H42N2O7. The summed E-state index contributed by atoms with van der Waals surface area (Å²) in [6, 6.07) is 17.6. The van der Waals surface area contributed by atoms with Gasteiger partial charge in [-0.25, -0.2) is 0 Å². The van der Waals surface area contributed by atoms with Crippen molar-refractivity contribution >= 4 is 11.9 Å². The molecule has 1 fully saturated rings. The normalized spacial score (nSPS) is 20.2. The van der Waals surface area contributed by atoms with Crippen molar-refractivity contribution in [1.29, 1.82) is 0 Å². The third-order valence-corrected chi connectivity index (χ3v) is 8.60. The standard InChI is InChI=1S/C35H42N2O7/c1-5-22-8-7-9-23(6-2)30(22)33(34(36)38)37-19-27(25-12-15-28-29(18-25)44-20-43-28)31(35(39)40)32(37)24-10-13-26(14-11-24)42-17-16-41-21(3)4/h7-15,18,21,27,31-33H,5-6,16-17,19-20H2,1-4H3,(H2,36,38)(H,39,40). The molecule has 44 heavy (non-hydrogen) atoms. The van der Waals surface area contributed by atoms with Gasteiger partial charge in [0.25, 0.3) is 0 Å². The molecule has 3 aromatic carbocycles. The van der Waals surface area contributed by atoms with E-state index in [0.29, 0.717) is 49.8 Å². The molecule has 3 N–H and O–H groups in total. The van der Waals surface area contributed by atoms with E-state index >= 15 is 0 Å². The highest BCUT2D eigenvalue weighted by Gasteiger charge is 2.51. The minimum atomic E-state index is -0.950. The molecule has 9 nitrogen and oxygen atoms in total. The molecule has 1 amide bonds. The zero-order chi connectivity index (χ0) is 31.4. The Labute approximate surface area is 258 Å². The van der Waals surface area contributed by atoms with E-state index in [1.54, 1.807) is 0 Å². The second kappa shape index (κ2) is 13.7. The van der Waals surface area contributed by atoms with E-state index in [1.165, 1.54) is 0 Å². The van der Waals surface area contributed by atoms with E-state index in [1.807, 2.05) is 79.4 Å². The van der Waals surface area contributed by atoms with Crippen LogP contribution in [0.4, 0.5) is 0 Å². The van der Waals surface area contributed by atoms with Crippen molar-refractivity contribution in [3.63, 3.8) is 0 Å². The van der Waals surface area contributed by atoms with E-state index in [-0.39, 0.29) is 12.9 Å². The van der Waals surface area contributed by atoms with Crippen LogP contribution in [-0.2, 0) is 27.2 Å². The second-order valence-corrected chi connectivity index (χ2v) is 11.6. The fraction of sp³-hybridized carbons (Fsp3) is 0.429. The molecule has 0 saturated carbocycles. The predicted octanol–water partition coefficient (Wildman–Crippen LogP) is 5.41.